The van der Waals surface area contributed by atoms with Gasteiger partial charge >= 0.3 is 0 Å². The van der Waals surface area contributed by atoms with Gasteiger partial charge < -0.3 is 20.1 Å². The first kappa shape index (κ1) is 18.8. The van der Waals surface area contributed by atoms with Crippen LogP contribution in [0.2, 0.25) is 0 Å². The number of hydrogen-bond donors (Lipinski definition) is 2. The highest BCUT2D eigenvalue weighted by molar-refractivity contribution is 9.10. The third-order valence-corrected chi connectivity index (χ3v) is 3.87. The molecule has 0 unspecified atom stereocenters. The molecule has 6 nitrogen and oxygen atoms in total. The number of aryl methyl sites for hydroxylation is 1. The molecule has 0 aliphatic rings. The number of methoxy groups -OCH3 is 1. The van der Waals surface area contributed by atoms with Crippen molar-refractivity contribution in [2.24, 2.45) is 0 Å². The largest absolute Gasteiger partial charge is 0.497 e. The lowest BCUT2D eigenvalue weighted by atomic mass is 10.2. The summed E-state index contributed by atoms with van der Waals surface area (Å²) in [6.45, 7) is 1.58. The van der Waals surface area contributed by atoms with Gasteiger partial charge in [-0.3, -0.25) is 9.59 Å². The maximum absolute atomic E-state index is 11.9. The molecule has 2 rings (SSSR count). The number of nitrogens with one attached hydrogen (secondary N) is 2. The van der Waals surface area contributed by atoms with Gasteiger partial charge in [-0.25, -0.2) is 0 Å². The van der Waals surface area contributed by atoms with E-state index in [4.69, 9.17) is 9.47 Å². The molecule has 0 fully saturated rings. The van der Waals surface area contributed by atoms with E-state index < -0.39 is 0 Å². The summed E-state index contributed by atoms with van der Waals surface area (Å²) in [4.78, 5) is 23.7. The Morgan fingerprint density at radius 3 is 2.36 bits per heavy atom. The van der Waals surface area contributed by atoms with E-state index >= 15 is 0 Å². The van der Waals surface area contributed by atoms with Crippen LogP contribution < -0.4 is 20.1 Å². The van der Waals surface area contributed by atoms with Crippen molar-refractivity contribution in [2.45, 2.75) is 6.92 Å². The lowest BCUT2D eigenvalue weighted by Gasteiger charge is -2.11. The SMILES string of the molecule is COc1ccc(NC(=O)CNC(=O)COc2ccc(Br)cc2)c(C)c1. The Bertz CT molecular complexity index is 747. The van der Waals surface area contributed by atoms with Crippen molar-refractivity contribution in [3.8, 4) is 11.5 Å². The molecule has 0 spiro atoms. The van der Waals surface area contributed by atoms with Crippen LogP contribution >= 0.6 is 15.9 Å². The zero-order valence-electron chi connectivity index (χ0n) is 14.0. The first-order valence-corrected chi connectivity index (χ1v) is 8.37. The lowest BCUT2D eigenvalue weighted by Crippen LogP contribution is -2.35. The molecule has 2 N–H and O–H groups in total. The first-order chi connectivity index (χ1) is 12.0. The van der Waals surface area contributed by atoms with Crippen molar-refractivity contribution in [3.63, 3.8) is 0 Å². The quantitative estimate of drug-likeness (QED) is 0.740. The summed E-state index contributed by atoms with van der Waals surface area (Å²) < 4.78 is 11.4. The Morgan fingerprint density at radius 2 is 1.72 bits per heavy atom. The maximum Gasteiger partial charge on any atom is 0.258 e. The molecule has 0 heterocycles. The molecule has 2 amide bonds. The van der Waals surface area contributed by atoms with E-state index in [-0.39, 0.29) is 25.0 Å². The summed E-state index contributed by atoms with van der Waals surface area (Å²) in [6.07, 6.45) is 0. The summed E-state index contributed by atoms with van der Waals surface area (Å²) in [5, 5.41) is 5.26. The van der Waals surface area contributed by atoms with Crippen LogP contribution in [-0.2, 0) is 9.59 Å². The molecular formula is C18H19BrN2O4. The summed E-state index contributed by atoms with van der Waals surface area (Å²) in [6, 6.07) is 12.5. The number of carbonyl (C=O) groups is 2. The summed E-state index contributed by atoms with van der Waals surface area (Å²) in [5.41, 5.74) is 1.55. The van der Waals surface area contributed by atoms with Gasteiger partial charge in [0, 0.05) is 10.2 Å². The van der Waals surface area contributed by atoms with Crippen LogP contribution in [0.3, 0.4) is 0 Å². The standard InChI is InChI=1S/C18H19BrN2O4/c1-12-9-15(24-2)7-8-16(12)21-17(22)10-20-18(23)11-25-14-5-3-13(19)4-6-14/h3-9H,10-11H2,1-2H3,(H,20,23)(H,21,22). The summed E-state index contributed by atoms with van der Waals surface area (Å²) in [5.74, 6) is 0.611. The number of ether oxygens (including phenoxy) is 2. The van der Waals surface area contributed by atoms with E-state index in [9.17, 15) is 9.59 Å². The van der Waals surface area contributed by atoms with Gasteiger partial charge in [-0.15, -0.1) is 0 Å². The molecule has 0 saturated heterocycles. The molecule has 0 radical (unpaired) electrons. The van der Waals surface area contributed by atoms with Gasteiger partial charge in [-0.1, -0.05) is 15.9 Å². The van der Waals surface area contributed by atoms with E-state index in [2.05, 4.69) is 26.6 Å². The van der Waals surface area contributed by atoms with Crippen LogP contribution in [0.25, 0.3) is 0 Å². The Morgan fingerprint density at radius 1 is 1.04 bits per heavy atom. The van der Waals surface area contributed by atoms with Gasteiger partial charge in [0.15, 0.2) is 6.61 Å². The van der Waals surface area contributed by atoms with Crippen LogP contribution in [-0.4, -0.2) is 32.1 Å². The predicted octanol–water partition coefficient (Wildman–Crippen LogP) is 2.90. The van der Waals surface area contributed by atoms with Crippen molar-refractivity contribution in [1.82, 2.24) is 5.32 Å². The van der Waals surface area contributed by atoms with E-state index in [1.165, 1.54) is 0 Å². The predicted molar refractivity (Wildman–Crippen MR) is 99.0 cm³/mol. The minimum Gasteiger partial charge on any atom is -0.497 e. The number of benzene rings is 2. The molecule has 2 aromatic carbocycles. The minimum atomic E-state index is -0.371. The average molecular weight is 407 g/mol. The van der Waals surface area contributed by atoms with Gasteiger partial charge in [0.2, 0.25) is 5.91 Å². The molecule has 0 bridgehead atoms. The third kappa shape index (κ3) is 6.11. The fourth-order valence-electron chi connectivity index (χ4n) is 2.01. The van der Waals surface area contributed by atoms with E-state index in [1.807, 2.05) is 25.1 Å². The van der Waals surface area contributed by atoms with E-state index in [0.29, 0.717) is 17.2 Å². The number of halogens is 1. The Kier molecular flexibility index (Phi) is 6.82. The Labute approximate surface area is 154 Å². The second kappa shape index (κ2) is 9.08. The molecule has 0 aliphatic heterocycles. The number of carbonyl (C=O) groups excluding carboxylic acids is 2. The lowest BCUT2D eigenvalue weighted by molar-refractivity contribution is -0.125. The highest BCUT2D eigenvalue weighted by atomic mass is 79.9. The summed E-state index contributed by atoms with van der Waals surface area (Å²) >= 11 is 3.32. The van der Waals surface area contributed by atoms with E-state index in [0.717, 1.165) is 10.0 Å². The summed E-state index contributed by atoms with van der Waals surface area (Å²) in [7, 11) is 1.58. The van der Waals surface area contributed by atoms with Gasteiger partial charge in [0.25, 0.3) is 5.91 Å². The first-order valence-electron chi connectivity index (χ1n) is 7.57. The molecule has 0 aromatic heterocycles. The van der Waals surface area contributed by atoms with Crippen LogP contribution in [0, 0.1) is 6.92 Å². The molecule has 0 atom stereocenters. The van der Waals surface area contributed by atoms with Crippen LogP contribution in [0.15, 0.2) is 46.9 Å². The zero-order valence-corrected chi connectivity index (χ0v) is 15.6. The van der Waals surface area contributed by atoms with E-state index in [1.54, 1.807) is 31.4 Å². The average Bonchev–Trinajstić information content (AvgIpc) is 2.61. The topological polar surface area (TPSA) is 76.7 Å². The van der Waals surface area contributed by atoms with Crippen LogP contribution in [0.1, 0.15) is 5.56 Å². The van der Waals surface area contributed by atoms with Gasteiger partial charge in [-0.05, 0) is 55.0 Å². The zero-order chi connectivity index (χ0) is 18.2. The van der Waals surface area contributed by atoms with Crippen LogP contribution in [0.5, 0.6) is 11.5 Å². The smallest absolute Gasteiger partial charge is 0.258 e. The molecule has 2 aromatic rings. The van der Waals surface area contributed by atoms with Gasteiger partial charge in [-0.2, -0.15) is 0 Å². The van der Waals surface area contributed by atoms with Gasteiger partial charge in [0.1, 0.15) is 11.5 Å². The normalized spacial score (nSPS) is 10.0. The molecule has 132 valence electrons. The van der Waals surface area contributed by atoms with Crippen molar-refractivity contribution < 1.29 is 19.1 Å². The second-order valence-electron chi connectivity index (χ2n) is 5.25. The number of anilines is 1. The van der Waals surface area contributed by atoms with Crippen LogP contribution in [0.4, 0.5) is 5.69 Å². The minimum absolute atomic E-state index is 0.131. The molecule has 0 saturated carbocycles. The molecule has 7 heteroatoms. The fraction of sp³-hybridized carbons (Fsp3) is 0.222. The number of hydrogen-bond acceptors (Lipinski definition) is 4. The molecule has 25 heavy (non-hydrogen) atoms. The van der Waals surface area contributed by atoms with Crippen molar-refractivity contribution in [1.29, 1.82) is 0 Å². The number of amides is 2. The monoisotopic (exact) mass is 406 g/mol. The van der Waals surface area contributed by atoms with Crippen molar-refractivity contribution >= 4 is 33.4 Å². The second-order valence-corrected chi connectivity index (χ2v) is 6.16. The molecular weight excluding hydrogens is 388 g/mol. The Hall–Kier alpha value is -2.54. The van der Waals surface area contributed by atoms with Crippen molar-refractivity contribution in [2.75, 3.05) is 25.6 Å². The highest BCUT2D eigenvalue weighted by Gasteiger charge is 2.08. The third-order valence-electron chi connectivity index (χ3n) is 3.34. The van der Waals surface area contributed by atoms with Crippen molar-refractivity contribution in [3.05, 3.63) is 52.5 Å². The fourth-order valence-corrected chi connectivity index (χ4v) is 2.27. The maximum atomic E-state index is 11.9. The number of rotatable bonds is 7. The van der Waals surface area contributed by atoms with Gasteiger partial charge in [0.05, 0.1) is 13.7 Å². The highest BCUT2D eigenvalue weighted by Crippen LogP contribution is 2.20. The Balaban J connectivity index is 1.75. The molecule has 0 aliphatic carbocycles.